The SMILES string of the molecule is CC(=O)N1CCN(c2c(F)cc3c(=O)c(C(=O)n4ccnc4)cn(CCF)c3c2F)CC1. The number of halogens is 3. The van der Waals surface area contributed by atoms with Crippen LogP contribution in [-0.4, -0.2) is 63.7 Å². The van der Waals surface area contributed by atoms with Gasteiger partial charge in [-0.05, 0) is 6.07 Å². The topological polar surface area (TPSA) is 80.4 Å². The third-order valence-electron chi connectivity index (χ3n) is 5.57. The summed E-state index contributed by atoms with van der Waals surface area (Å²) in [6.07, 6.45) is 4.95. The van der Waals surface area contributed by atoms with Crippen molar-refractivity contribution in [2.24, 2.45) is 0 Å². The molecule has 1 amide bonds. The van der Waals surface area contributed by atoms with Gasteiger partial charge in [-0.25, -0.2) is 18.2 Å². The molecule has 3 aromatic rings. The van der Waals surface area contributed by atoms with E-state index in [1.54, 1.807) is 4.90 Å². The predicted molar refractivity (Wildman–Crippen MR) is 111 cm³/mol. The van der Waals surface area contributed by atoms with E-state index in [-0.39, 0.29) is 47.7 Å². The van der Waals surface area contributed by atoms with Gasteiger partial charge in [-0.1, -0.05) is 0 Å². The first kappa shape index (κ1) is 21.6. The molecule has 3 heterocycles. The van der Waals surface area contributed by atoms with E-state index in [2.05, 4.69) is 4.98 Å². The van der Waals surface area contributed by atoms with Crippen molar-refractivity contribution in [3.8, 4) is 0 Å². The molecule has 11 heteroatoms. The van der Waals surface area contributed by atoms with Crippen LogP contribution in [0.3, 0.4) is 0 Å². The van der Waals surface area contributed by atoms with Crippen LogP contribution in [0.4, 0.5) is 18.9 Å². The summed E-state index contributed by atoms with van der Waals surface area (Å²) in [4.78, 5) is 44.0. The molecule has 1 fully saturated rings. The summed E-state index contributed by atoms with van der Waals surface area (Å²) in [6.45, 7) is 1.18. The van der Waals surface area contributed by atoms with E-state index in [1.165, 1.54) is 30.5 Å². The standard InChI is InChI=1S/C21H20F3N5O3/c1-13(30)26-6-8-27(9-7-26)19-16(23)10-14-18(17(19)24)28(4-2-22)11-15(20(14)31)21(32)29-5-3-25-12-29/h3,5,10-12H,2,4,6-9H2,1H3. The number of rotatable bonds is 4. The maximum Gasteiger partial charge on any atom is 0.268 e. The van der Waals surface area contributed by atoms with Crippen LogP contribution in [0.1, 0.15) is 17.3 Å². The van der Waals surface area contributed by atoms with Crippen molar-refractivity contribution in [1.29, 1.82) is 0 Å². The quantitative estimate of drug-likeness (QED) is 0.610. The van der Waals surface area contributed by atoms with E-state index >= 15 is 8.78 Å². The molecule has 32 heavy (non-hydrogen) atoms. The summed E-state index contributed by atoms with van der Waals surface area (Å²) < 4.78 is 46.1. The maximum atomic E-state index is 15.6. The van der Waals surface area contributed by atoms with Gasteiger partial charge in [0.25, 0.3) is 5.91 Å². The summed E-state index contributed by atoms with van der Waals surface area (Å²) in [6, 6.07) is 0.882. The van der Waals surface area contributed by atoms with Gasteiger partial charge in [-0.2, -0.15) is 0 Å². The predicted octanol–water partition coefficient (Wildman–Crippen LogP) is 1.80. The second kappa shape index (κ2) is 8.48. The highest BCUT2D eigenvalue weighted by molar-refractivity contribution is 5.99. The number of nitrogens with zero attached hydrogens (tertiary/aromatic N) is 5. The van der Waals surface area contributed by atoms with Gasteiger partial charge < -0.3 is 14.4 Å². The molecule has 1 saturated heterocycles. The summed E-state index contributed by atoms with van der Waals surface area (Å²) in [5, 5.41) is -0.356. The number of imidazole rings is 1. The Labute approximate surface area is 180 Å². The molecule has 8 nitrogen and oxygen atoms in total. The van der Waals surface area contributed by atoms with Crippen LogP contribution in [0.15, 0.2) is 35.8 Å². The number of hydrogen-bond donors (Lipinski definition) is 0. The molecule has 0 radical (unpaired) electrons. The molecule has 4 rings (SSSR count). The summed E-state index contributed by atoms with van der Waals surface area (Å²) in [5.41, 5.74) is -1.84. The van der Waals surface area contributed by atoms with E-state index in [4.69, 9.17) is 0 Å². The van der Waals surface area contributed by atoms with Crippen molar-refractivity contribution in [2.75, 3.05) is 37.8 Å². The average molecular weight is 447 g/mol. The molecule has 0 saturated carbocycles. The van der Waals surface area contributed by atoms with Crippen LogP contribution in [-0.2, 0) is 11.3 Å². The van der Waals surface area contributed by atoms with E-state index in [0.717, 1.165) is 21.4 Å². The number of piperazine rings is 1. The van der Waals surface area contributed by atoms with Crippen LogP contribution in [0.2, 0.25) is 0 Å². The van der Waals surface area contributed by atoms with Crippen LogP contribution >= 0.6 is 0 Å². The Morgan fingerprint density at radius 2 is 1.88 bits per heavy atom. The van der Waals surface area contributed by atoms with E-state index in [9.17, 15) is 18.8 Å². The molecule has 2 aromatic heterocycles. The minimum absolute atomic E-state index is 0.129. The number of carbonyl (C=O) groups excluding carboxylic acids is 2. The zero-order valence-corrected chi connectivity index (χ0v) is 17.2. The van der Waals surface area contributed by atoms with Gasteiger partial charge in [-0.15, -0.1) is 0 Å². The number of benzene rings is 1. The fraction of sp³-hybridized carbons (Fsp3) is 0.333. The number of amides is 1. The van der Waals surface area contributed by atoms with Crippen molar-refractivity contribution in [3.05, 3.63) is 58.4 Å². The van der Waals surface area contributed by atoms with Gasteiger partial charge in [0.1, 0.15) is 30.1 Å². The van der Waals surface area contributed by atoms with Gasteiger partial charge in [0.2, 0.25) is 11.3 Å². The smallest absolute Gasteiger partial charge is 0.268 e. The van der Waals surface area contributed by atoms with Crippen LogP contribution in [0.5, 0.6) is 0 Å². The molecule has 1 aliphatic rings. The van der Waals surface area contributed by atoms with Crippen molar-refractivity contribution in [1.82, 2.24) is 19.0 Å². The molecule has 168 valence electrons. The fourth-order valence-electron chi connectivity index (χ4n) is 3.95. The number of aryl methyl sites for hydroxylation is 1. The second-order valence-corrected chi connectivity index (χ2v) is 7.44. The summed E-state index contributed by atoms with van der Waals surface area (Å²) in [5.74, 6) is -2.85. The van der Waals surface area contributed by atoms with Crippen molar-refractivity contribution in [3.63, 3.8) is 0 Å². The first-order chi connectivity index (χ1) is 15.3. The highest BCUT2D eigenvalue weighted by Gasteiger charge is 2.28. The first-order valence-corrected chi connectivity index (χ1v) is 9.97. The van der Waals surface area contributed by atoms with Crippen LogP contribution in [0, 0.1) is 11.6 Å². The van der Waals surface area contributed by atoms with Gasteiger partial charge in [0, 0.05) is 51.7 Å². The molecule has 0 bridgehead atoms. The maximum absolute atomic E-state index is 15.6. The van der Waals surface area contributed by atoms with Gasteiger partial charge in [0.15, 0.2) is 5.82 Å². The Bertz CT molecular complexity index is 1250. The molecule has 0 unspecified atom stereocenters. The van der Waals surface area contributed by atoms with Gasteiger partial charge in [0.05, 0.1) is 17.4 Å². The molecule has 1 aliphatic heterocycles. The third kappa shape index (κ3) is 3.63. The number of carbonyl (C=O) groups is 2. The number of hydrogen-bond acceptors (Lipinski definition) is 5. The molecule has 0 spiro atoms. The van der Waals surface area contributed by atoms with E-state index in [1.807, 2.05) is 0 Å². The number of alkyl halides is 1. The minimum atomic E-state index is -1.01. The Morgan fingerprint density at radius 1 is 1.16 bits per heavy atom. The lowest BCUT2D eigenvalue weighted by Gasteiger charge is -2.36. The Kier molecular flexibility index (Phi) is 5.72. The van der Waals surface area contributed by atoms with Crippen LogP contribution < -0.4 is 10.3 Å². The first-order valence-electron chi connectivity index (χ1n) is 9.97. The summed E-state index contributed by atoms with van der Waals surface area (Å²) >= 11 is 0. The molecular weight excluding hydrogens is 427 g/mol. The molecule has 0 aliphatic carbocycles. The van der Waals surface area contributed by atoms with E-state index in [0.29, 0.717) is 13.1 Å². The van der Waals surface area contributed by atoms with E-state index < -0.39 is 29.6 Å². The van der Waals surface area contributed by atoms with Crippen molar-refractivity contribution >= 4 is 28.4 Å². The van der Waals surface area contributed by atoms with Gasteiger partial charge >= 0.3 is 0 Å². The Hall–Kier alpha value is -3.63. The number of aromatic nitrogens is 3. The fourth-order valence-corrected chi connectivity index (χ4v) is 3.95. The molecule has 1 aromatic carbocycles. The van der Waals surface area contributed by atoms with Crippen LogP contribution in [0.25, 0.3) is 10.9 Å². The number of anilines is 1. The molecule has 0 atom stereocenters. The average Bonchev–Trinajstić information content (AvgIpc) is 3.30. The molecule has 0 N–H and O–H groups in total. The monoisotopic (exact) mass is 447 g/mol. The highest BCUT2D eigenvalue weighted by atomic mass is 19.1. The molecular formula is C21H20F3N5O3. The Morgan fingerprint density at radius 3 is 2.47 bits per heavy atom. The second-order valence-electron chi connectivity index (χ2n) is 7.44. The lowest BCUT2D eigenvalue weighted by molar-refractivity contribution is -0.129. The largest absolute Gasteiger partial charge is 0.363 e. The number of fused-ring (bicyclic) bond motifs is 1. The zero-order chi connectivity index (χ0) is 23.0. The van der Waals surface area contributed by atoms with Gasteiger partial charge in [-0.3, -0.25) is 19.0 Å². The zero-order valence-electron chi connectivity index (χ0n) is 17.2. The lowest BCUT2D eigenvalue weighted by Crippen LogP contribution is -2.48. The van der Waals surface area contributed by atoms with Crippen molar-refractivity contribution < 1.29 is 22.8 Å². The number of pyridine rings is 1. The highest BCUT2D eigenvalue weighted by Crippen LogP contribution is 2.31. The normalized spacial score (nSPS) is 14.2. The third-order valence-corrected chi connectivity index (χ3v) is 5.57. The lowest BCUT2D eigenvalue weighted by atomic mass is 10.1. The minimum Gasteiger partial charge on any atom is -0.363 e. The van der Waals surface area contributed by atoms with Crippen molar-refractivity contribution in [2.45, 2.75) is 13.5 Å². The Balaban J connectivity index is 1.86. The summed E-state index contributed by atoms with van der Waals surface area (Å²) in [7, 11) is 0.